The lowest BCUT2D eigenvalue weighted by Crippen LogP contribution is -2.08. The molecule has 1 aliphatic rings. The van der Waals surface area contributed by atoms with Crippen LogP contribution in [0.3, 0.4) is 0 Å². The van der Waals surface area contributed by atoms with Crippen LogP contribution < -0.4 is 0 Å². The topological polar surface area (TPSA) is 57.1 Å². The maximum absolute atomic E-state index is 13.1. The Labute approximate surface area is 160 Å². The highest BCUT2D eigenvalue weighted by atomic mass is 31.2. The van der Waals surface area contributed by atoms with Gasteiger partial charge in [-0.1, -0.05) is 78.1 Å². The molecule has 152 valence electrons. The van der Waals surface area contributed by atoms with Gasteiger partial charge in [-0.15, -0.1) is 0 Å². The lowest BCUT2D eigenvalue weighted by Gasteiger charge is -2.21. The first kappa shape index (κ1) is 23.4. The van der Waals surface area contributed by atoms with Crippen molar-refractivity contribution >= 4 is 13.8 Å². The second-order valence-electron chi connectivity index (χ2n) is 6.81. The number of hydrogen-bond acceptors (Lipinski definition) is 5. The van der Waals surface area contributed by atoms with Gasteiger partial charge in [-0.25, -0.2) is 0 Å². The second-order valence-corrected chi connectivity index (χ2v) is 8.76. The van der Waals surface area contributed by atoms with Crippen LogP contribution in [0.1, 0.15) is 90.9 Å². The van der Waals surface area contributed by atoms with Crippen LogP contribution in [0.4, 0.5) is 0 Å². The minimum Gasteiger partial charge on any atom is -0.479 e. The highest BCUT2D eigenvalue weighted by molar-refractivity contribution is 7.58. The third kappa shape index (κ3) is 10.5. The maximum Gasteiger partial charge on any atom is 0.397 e. The number of unbranched alkanes of at least 4 members (excludes halogenated alkanes) is 10. The molecule has 0 unspecified atom stereocenters. The molecule has 0 aromatic rings. The van der Waals surface area contributed by atoms with Gasteiger partial charge in [-0.2, -0.15) is 0 Å². The van der Waals surface area contributed by atoms with E-state index >= 15 is 0 Å². The van der Waals surface area contributed by atoms with E-state index in [2.05, 4.69) is 18.8 Å². The third-order valence-corrected chi connectivity index (χ3v) is 6.21. The predicted molar refractivity (Wildman–Crippen MR) is 109 cm³/mol. The van der Waals surface area contributed by atoms with Gasteiger partial charge in [0.15, 0.2) is 0 Å². The first-order valence-corrected chi connectivity index (χ1v) is 12.0. The van der Waals surface area contributed by atoms with E-state index in [-0.39, 0.29) is 5.50 Å². The van der Waals surface area contributed by atoms with Crippen LogP contribution in [-0.2, 0) is 18.3 Å². The van der Waals surface area contributed by atoms with Crippen molar-refractivity contribution < 1.29 is 18.3 Å². The predicted octanol–water partition coefficient (Wildman–Crippen LogP) is 6.83. The summed E-state index contributed by atoms with van der Waals surface area (Å²) < 4.78 is 30.0. The summed E-state index contributed by atoms with van der Waals surface area (Å²) in [5.41, 5.74) is 0.247. The van der Waals surface area contributed by atoms with Gasteiger partial charge >= 0.3 is 7.60 Å². The van der Waals surface area contributed by atoms with E-state index in [0.29, 0.717) is 19.8 Å². The summed E-state index contributed by atoms with van der Waals surface area (Å²) in [6.07, 6.45) is 17.0. The molecule has 0 aromatic heterocycles. The van der Waals surface area contributed by atoms with Crippen molar-refractivity contribution in [3.05, 3.63) is 11.7 Å². The SMILES string of the molecule is CCCCCCCCOP(=O)(OCCCCCCCC)C1=CN=CCO1. The van der Waals surface area contributed by atoms with Crippen molar-refractivity contribution in [3.8, 4) is 0 Å². The van der Waals surface area contributed by atoms with E-state index in [1.54, 1.807) is 6.21 Å². The minimum atomic E-state index is -3.39. The zero-order valence-corrected chi connectivity index (χ0v) is 17.7. The van der Waals surface area contributed by atoms with E-state index in [4.69, 9.17) is 13.8 Å². The van der Waals surface area contributed by atoms with Gasteiger partial charge < -0.3 is 13.8 Å². The summed E-state index contributed by atoms with van der Waals surface area (Å²) >= 11 is 0. The van der Waals surface area contributed by atoms with Crippen LogP contribution in [0, 0.1) is 0 Å². The molecule has 1 rings (SSSR count). The molecule has 0 N–H and O–H groups in total. The van der Waals surface area contributed by atoms with Crippen LogP contribution >= 0.6 is 7.60 Å². The molecule has 0 radical (unpaired) electrons. The van der Waals surface area contributed by atoms with Crippen LogP contribution in [-0.4, -0.2) is 26.0 Å². The molecule has 26 heavy (non-hydrogen) atoms. The normalized spacial score (nSPS) is 14.3. The average Bonchev–Trinajstić information content (AvgIpc) is 2.67. The van der Waals surface area contributed by atoms with Gasteiger partial charge in [0.2, 0.25) is 5.50 Å². The molecule has 1 aliphatic heterocycles. The van der Waals surface area contributed by atoms with E-state index in [1.165, 1.54) is 57.6 Å². The molecular weight excluding hydrogens is 349 g/mol. The Balaban J connectivity index is 2.34. The zero-order valence-electron chi connectivity index (χ0n) is 16.8. The molecule has 5 nitrogen and oxygen atoms in total. The van der Waals surface area contributed by atoms with Crippen molar-refractivity contribution in [2.75, 3.05) is 19.8 Å². The van der Waals surface area contributed by atoms with Crippen LogP contribution in [0.2, 0.25) is 0 Å². The Hall–Kier alpha value is -0.640. The fourth-order valence-electron chi connectivity index (χ4n) is 2.77. The molecular formula is C20H38NO4P. The smallest absolute Gasteiger partial charge is 0.397 e. The van der Waals surface area contributed by atoms with Gasteiger partial charge in [0.05, 0.1) is 19.4 Å². The number of rotatable bonds is 17. The second kappa shape index (κ2) is 15.4. The number of ether oxygens (including phenoxy) is 1. The van der Waals surface area contributed by atoms with Gasteiger partial charge in [-0.3, -0.25) is 9.56 Å². The molecule has 0 aromatic carbocycles. The first-order valence-electron chi connectivity index (χ1n) is 10.5. The van der Waals surface area contributed by atoms with Crippen LogP contribution in [0.25, 0.3) is 0 Å². The van der Waals surface area contributed by atoms with Crippen molar-refractivity contribution in [3.63, 3.8) is 0 Å². The Morgan fingerprint density at radius 2 is 1.38 bits per heavy atom. The lowest BCUT2D eigenvalue weighted by molar-refractivity contribution is 0.176. The Kier molecular flexibility index (Phi) is 13.9. The van der Waals surface area contributed by atoms with Gasteiger partial charge in [0, 0.05) is 6.21 Å². The van der Waals surface area contributed by atoms with Crippen molar-refractivity contribution in [1.29, 1.82) is 0 Å². The average molecular weight is 388 g/mol. The molecule has 0 fully saturated rings. The molecule has 0 saturated carbocycles. The fraction of sp³-hybridized carbons (Fsp3) is 0.850. The van der Waals surface area contributed by atoms with Crippen molar-refractivity contribution in [2.45, 2.75) is 90.9 Å². The molecule has 0 bridgehead atoms. The minimum absolute atomic E-state index is 0.247. The molecule has 0 atom stereocenters. The summed E-state index contributed by atoms with van der Waals surface area (Å²) in [7, 11) is -3.39. The highest BCUT2D eigenvalue weighted by Gasteiger charge is 2.33. The third-order valence-electron chi connectivity index (χ3n) is 4.38. The van der Waals surface area contributed by atoms with Gasteiger partial charge in [0.1, 0.15) is 6.61 Å². The Bertz CT molecular complexity index is 429. The molecule has 1 heterocycles. The summed E-state index contributed by atoms with van der Waals surface area (Å²) in [5, 5.41) is 0. The van der Waals surface area contributed by atoms with Crippen molar-refractivity contribution in [1.82, 2.24) is 0 Å². The number of hydrogen-bond donors (Lipinski definition) is 0. The molecule has 0 saturated heterocycles. The first-order chi connectivity index (χ1) is 12.7. The van der Waals surface area contributed by atoms with E-state index in [0.717, 1.165) is 25.7 Å². The summed E-state index contributed by atoms with van der Waals surface area (Å²) in [6, 6.07) is 0. The van der Waals surface area contributed by atoms with Crippen LogP contribution in [0.15, 0.2) is 16.7 Å². The summed E-state index contributed by atoms with van der Waals surface area (Å²) in [5.74, 6) is 0. The monoisotopic (exact) mass is 387 g/mol. The number of nitrogens with zero attached hydrogens (tertiary/aromatic N) is 1. The summed E-state index contributed by atoms with van der Waals surface area (Å²) in [6.45, 7) is 5.60. The highest BCUT2D eigenvalue weighted by Crippen LogP contribution is 2.57. The largest absolute Gasteiger partial charge is 0.479 e. The van der Waals surface area contributed by atoms with Crippen molar-refractivity contribution in [2.24, 2.45) is 4.99 Å². The van der Waals surface area contributed by atoms with E-state index in [9.17, 15) is 4.57 Å². The fourth-order valence-corrected chi connectivity index (χ4v) is 4.28. The summed E-state index contributed by atoms with van der Waals surface area (Å²) in [4.78, 5) is 4.04. The number of aliphatic imine (C=N–C) groups is 1. The molecule has 0 spiro atoms. The van der Waals surface area contributed by atoms with E-state index in [1.807, 2.05) is 0 Å². The van der Waals surface area contributed by atoms with Gasteiger partial charge in [-0.05, 0) is 12.8 Å². The molecule has 0 amide bonds. The standard InChI is InChI=1S/C20H38NO4P/c1-3-5-7-9-11-13-16-24-26(22,20-19-21-15-18-23-20)25-17-14-12-10-8-6-4-2/h15,19H,3-14,16-18H2,1-2H3. The molecule has 0 aliphatic carbocycles. The zero-order chi connectivity index (χ0) is 18.9. The Morgan fingerprint density at radius 3 is 1.85 bits per heavy atom. The lowest BCUT2D eigenvalue weighted by atomic mass is 10.1. The van der Waals surface area contributed by atoms with E-state index < -0.39 is 7.60 Å². The maximum atomic E-state index is 13.1. The van der Waals surface area contributed by atoms with Gasteiger partial charge in [0.25, 0.3) is 0 Å². The quantitative estimate of drug-likeness (QED) is 0.203. The Morgan fingerprint density at radius 1 is 0.885 bits per heavy atom. The molecule has 6 heteroatoms. The van der Waals surface area contributed by atoms with Crippen LogP contribution in [0.5, 0.6) is 0 Å².